The number of rotatable bonds is 6. The van der Waals surface area contributed by atoms with Crippen molar-refractivity contribution in [2.75, 3.05) is 32.7 Å². The number of carbonyl (C=O) groups excluding carboxylic acids is 1. The van der Waals surface area contributed by atoms with Crippen LogP contribution in [0, 0.1) is 24.2 Å². The highest BCUT2D eigenvalue weighted by atomic mass is 16.5. The molecule has 1 amide bonds. The average Bonchev–Trinajstić information content (AvgIpc) is 3.33. The first-order chi connectivity index (χ1) is 11.5. The lowest BCUT2D eigenvalue weighted by atomic mass is 9.98. The van der Waals surface area contributed by atoms with E-state index in [2.05, 4.69) is 31.3 Å². The van der Waals surface area contributed by atoms with Gasteiger partial charge in [-0.3, -0.25) is 14.6 Å². The normalized spacial score (nSPS) is 21.9. The second-order valence-electron chi connectivity index (χ2n) is 6.92. The number of hydrogen-bond donors (Lipinski definition) is 1. The van der Waals surface area contributed by atoms with Gasteiger partial charge in [-0.1, -0.05) is 5.16 Å². The van der Waals surface area contributed by atoms with E-state index in [-0.39, 0.29) is 5.91 Å². The second-order valence-corrected chi connectivity index (χ2v) is 6.92. The molecule has 130 valence electrons. The van der Waals surface area contributed by atoms with Crippen LogP contribution in [-0.2, 0) is 11.3 Å². The Morgan fingerprint density at radius 3 is 2.58 bits per heavy atom. The SMILES string of the molecule is Cc1nc(CN2CCN(CC(=O)N[C@](C)(C#N)C3CC3)CC2)no1. The Kier molecular flexibility index (Phi) is 4.83. The standard InChI is InChI=1S/C16H24N6O2/c1-12-18-14(20-24-12)9-21-5-7-22(8-6-21)10-15(23)19-16(2,11-17)13-3-4-13/h13H,3-10H2,1-2H3,(H,19,23)/t16-/m1/s1. The lowest BCUT2D eigenvalue weighted by molar-refractivity contribution is -0.124. The molecule has 8 heteroatoms. The molecule has 2 aliphatic rings. The van der Waals surface area contributed by atoms with E-state index in [1.165, 1.54) is 0 Å². The van der Waals surface area contributed by atoms with Crippen LogP contribution in [0.25, 0.3) is 0 Å². The molecule has 1 atom stereocenters. The Bertz CT molecular complexity index is 627. The highest BCUT2D eigenvalue weighted by Crippen LogP contribution is 2.39. The third-order valence-corrected chi connectivity index (χ3v) is 4.79. The fourth-order valence-electron chi connectivity index (χ4n) is 3.13. The third kappa shape index (κ3) is 4.10. The molecule has 24 heavy (non-hydrogen) atoms. The van der Waals surface area contributed by atoms with E-state index in [0.717, 1.165) is 39.0 Å². The maximum Gasteiger partial charge on any atom is 0.235 e. The zero-order chi connectivity index (χ0) is 17.2. The minimum Gasteiger partial charge on any atom is -0.340 e. The predicted octanol–water partition coefficient (Wildman–Crippen LogP) is 0.304. The van der Waals surface area contributed by atoms with Crippen LogP contribution < -0.4 is 5.32 Å². The van der Waals surface area contributed by atoms with Gasteiger partial charge in [-0.15, -0.1) is 0 Å². The number of hydrogen-bond acceptors (Lipinski definition) is 7. The van der Waals surface area contributed by atoms with Crippen LogP contribution >= 0.6 is 0 Å². The van der Waals surface area contributed by atoms with E-state index in [1.54, 1.807) is 6.92 Å². The van der Waals surface area contributed by atoms with Gasteiger partial charge in [0.05, 0.1) is 19.2 Å². The van der Waals surface area contributed by atoms with Crippen LogP contribution in [-0.4, -0.2) is 64.1 Å². The molecule has 1 aromatic rings. The Morgan fingerprint density at radius 1 is 1.38 bits per heavy atom. The number of nitriles is 1. The Labute approximate surface area is 141 Å². The van der Waals surface area contributed by atoms with Gasteiger partial charge in [0.15, 0.2) is 5.82 Å². The molecule has 2 heterocycles. The Morgan fingerprint density at radius 2 is 2.04 bits per heavy atom. The van der Waals surface area contributed by atoms with Crippen molar-refractivity contribution in [3.8, 4) is 6.07 Å². The van der Waals surface area contributed by atoms with Gasteiger partial charge < -0.3 is 9.84 Å². The molecule has 3 rings (SSSR count). The quantitative estimate of drug-likeness (QED) is 0.800. The zero-order valence-corrected chi connectivity index (χ0v) is 14.3. The summed E-state index contributed by atoms with van der Waals surface area (Å²) in [5, 5.41) is 16.2. The largest absolute Gasteiger partial charge is 0.340 e. The number of carbonyl (C=O) groups is 1. The van der Waals surface area contributed by atoms with E-state index in [0.29, 0.717) is 30.7 Å². The van der Waals surface area contributed by atoms with Crippen molar-refractivity contribution < 1.29 is 9.32 Å². The first-order valence-corrected chi connectivity index (χ1v) is 8.44. The highest BCUT2D eigenvalue weighted by molar-refractivity contribution is 5.79. The summed E-state index contributed by atoms with van der Waals surface area (Å²) in [7, 11) is 0. The van der Waals surface area contributed by atoms with Crippen molar-refractivity contribution in [3.63, 3.8) is 0 Å². The molecule has 8 nitrogen and oxygen atoms in total. The zero-order valence-electron chi connectivity index (χ0n) is 14.3. The van der Waals surface area contributed by atoms with Gasteiger partial charge in [-0.2, -0.15) is 10.2 Å². The van der Waals surface area contributed by atoms with Gasteiger partial charge in [0.1, 0.15) is 5.54 Å². The summed E-state index contributed by atoms with van der Waals surface area (Å²) in [4.78, 5) is 20.8. The van der Waals surface area contributed by atoms with Crippen molar-refractivity contribution in [1.29, 1.82) is 5.26 Å². The summed E-state index contributed by atoms with van der Waals surface area (Å²) in [5.74, 6) is 1.53. The summed E-state index contributed by atoms with van der Waals surface area (Å²) in [6, 6.07) is 2.26. The molecule has 1 N–H and O–H groups in total. The van der Waals surface area contributed by atoms with E-state index >= 15 is 0 Å². The van der Waals surface area contributed by atoms with Gasteiger partial charge in [0.2, 0.25) is 11.8 Å². The maximum atomic E-state index is 12.2. The molecule has 1 saturated carbocycles. The number of aromatic nitrogens is 2. The molecule has 0 spiro atoms. The Hall–Kier alpha value is -1.98. The van der Waals surface area contributed by atoms with Crippen molar-refractivity contribution >= 4 is 5.91 Å². The van der Waals surface area contributed by atoms with Crippen LogP contribution in [0.1, 0.15) is 31.5 Å². The molecule has 0 bridgehead atoms. The van der Waals surface area contributed by atoms with E-state index in [9.17, 15) is 10.1 Å². The molecule has 1 aromatic heterocycles. The minimum absolute atomic E-state index is 0.0619. The summed E-state index contributed by atoms with van der Waals surface area (Å²) >= 11 is 0. The molecule has 2 fully saturated rings. The smallest absolute Gasteiger partial charge is 0.235 e. The van der Waals surface area contributed by atoms with Crippen LogP contribution in [0.2, 0.25) is 0 Å². The predicted molar refractivity (Wildman–Crippen MR) is 85.6 cm³/mol. The summed E-state index contributed by atoms with van der Waals surface area (Å²) in [6.45, 7) is 7.98. The average molecular weight is 332 g/mol. The highest BCUT2D eigenvalue weighted by Gasteiger charge is 2.43. The number of amides is 1. The fraction of sp³-hybridized carbons (Fsp3) is 0.750. The van der Waals surface area contributed by atoms with Crippen molar-refractivity contribution in [2.24, 2.45) is 5.92 Å². The lowest BCUT2D eigenvalue weighted by Crippen LogP contribution is -2.53. The molecule has 1 saturated heterocycles. The maximum absolute atomic E-state index is 12.2. The number of piperazine rings is 1. The fourth-order valence-corrected chi connectivity index (χ4v) is 3.13. The monoisotopic (exact) mass is 332 g/mol. The van der Waals surface area contributed by atoms with Crippen LogP contribution in [0.3, 0.4) is 0 Å². The third-order valence-electron chi connectivity index (χ3n) is 4.79. The molecular weight excluding hydrogens is 308 g/mol. The van der Waals surface area contributed by atoms with E-state index < -0.39 is 5.54 Å². The summed E-state index contributed by atoms with van der Waals surface area (Å²) in [5.41, 5.74) is -0.713. The molecule has 1 aliphatic heterocycles. The van der Waals surface area contributed by atoms with Crippen molar-refractivity contribution in [2.45, 2.75) is 38.8 Å². The molecule has 1 aliphatic carbocycles. The van der Waals surface area contributed by atoms with Gasteiger partial charge in [0, 0.05) is 33.1 Å². The van der Waals surface area contributed by atoms with E-state index in [4.69, 9.17) is 4.52 Å². The van der Waals surface area contributed by atoms with E-state index in [1.807, 2.05) is 6.92 Å². The second kappa shape index (κ2) is 6.87. The number of aryl methyl sites for hydroxylation is 1. The van der Waals surface area contributed by atoms with Crippen molar-refractivity contribution in [1.82, 2.24) is 25.3 Å². The van der Waals surface area contributed by atoms with Gasteiger partial charge in [0.25, 0.3) is 0 Å². The number of nitrogens with one attached hydrogen (secondary N) is 1. The first kappa shape index (κ1) is 16.9. The lowest BCUT2D eigenvalue weighted by Gasteiger charge is -2.34. The number of nitrogens with zero attached hydrogens (tertiary/aromatic N) is 5. The topological polar surface area (TPSA) is 98.3 Å². The van der Waals surface area contributed by atoms with Gasteiger partial charge in [-0.25, -0.2) is 0 Å². The first-order valence-electron chi connectivity index (χ1n) is 8.44. The van der Waals surface area contributed by atoms with Crippen LogP contribution in [0.4, 0.5) is 0 Å². The summed E-state index contributed by atoms with van der Waals surface area (Å²) < 4.78 is 4.98. The Balaban J connectivity index is 1.42. The van der Waals surface area contributed by atoms with Crippen molar-refractivity contribution in [3.05, 3.63) is 11.7 Å². The molecular formula is C16H24N6O2. The molecule has 0 unspecified atom stereocenters. The van der Waals surface area contributed by atoms with Gasteiger partial charge in [-0.05, 0) is 25.7 Å². The minimum atomic E-state index is -0.713. The van der Waals surface area contributed by atoms with Gasteiger partial charge >= 0.3 is 0 Å². The molecule has 0 aromatic carbocycles. The molecule has 0 radical (unpaired) electrons. The van der Waals surface area contributed by atoms with Crippen LogP contribution in [0.5, 0.6) is 0 Å². The summed E-state index contributed by atoms with van der Waals surface area (Å²) in [6.07, 6.45) is 2.05. The van der Waals surface area contributed by atoms with Crippen LogP contribution in [0.15, 0.2) is 4.52 Å².